The van der Waals surface area contributed by atoms with Gasteiger partial charge in [0, 0.05) is 12.1 Å². The number of ether oxygens (including phenoxy) is 1. The summed E-state index contributed by atoms with van der Waals surface area (Å²) in [6.45, 7) is 0.910. The first-order valence-corrected chi connectivity index (χ1v) is 4.88. The molecule has 0 fully saturated rings. The summed E-state index contributed by atoms with van der Waals surface area (Å²) in [6, 6.07) is 5.66. The van der Waals surface area contributed by atoms with Crippen LogP contribution < -0.4 is 10.2 Å². The van der Waals surface area contributed by atoms with Crippen LogP contribution in [0.4, 0.5) is 0 Å². The van der Waals surface area contributed by atoms with Crippen molar-refractivity contribution in [3.63, 3.8) is 0 Å². The lowest BCUT2D eigenvalue weighted by molar-refractivity contribution is 0.414. The van der Waals surface area contributed by atoms with Crippen LogP contribution in [-0.4, -0.2) is 40.5 Å². The molecule has 0 saturated heterocycles. The lowest BCUT2D eigenvalue weighted by Crippen LogP contribution is -2.10. The van der Waals surface area contributed by atoms with Crippen molar-refractivity contribution in [2.45, 2.75) is 0 Å². The van der Waals surface area contributed by atoms with Crippen molar-refractivity contribution >= 4 is 19.4 Å². The molecule has 0 N–H and O–H groups in total. The molecular weight excluding hydrogens is 185 g/mol. The molecule has 78 valence electrons. The second-order valence-corrected chi connectivity index (χ2v) is 3.67. The number of methoxy groups -OCH3 is 1. The predicted molar refractivity (Wildman–Crippen MR) is 66.0 cm³/mol. The number of benzene rings is 1. The van der Waals surface area contributed by atoms with Crippen LogP contribution in [0.25, 0.3) is 6.08 Å². The fourth-order valence-electron chi connectivity index (χ4n) is 1.26. The van der Waals surface area contributed by atoms with Crippen molar-refractivity contribution in [3.8, 4) is 5.75 Å². The fourth-order valence-corrected chi connectivity index (χ4v) is 1.26. The zero-order chi connectivity index (χ0) is 11.3. The highest BCUT2D eigenvalue weighted by molar-refractivity contribution is 6.32. The van der Waals surface area contributed by atoms with Gasteiger partial charge in [-0.05, 0) is 20.2 Å². The van der Waals surface area contributed by atoms with Crippen molar-refractivity contribution < 1.29 is 4.74 Å². The van der Waals surface area contributed by atoms with E-state index in [1.54, 1.807) is 7.11 Å². The summed E-state index contributed by atoms with van der Waals surface area (Å²) >= 11 is 0. The largest absolute Gasteiger partial charge is 0.496 e. The van der Waals surface area contributed by atoms with E-state index in [-0.39, 0.29) is 0 Å². The van der Waals surface area contributed by atoms with Crippen LogP contribution in [0.2, 0.25) is 0 Å². The highest BCUT2D eigenvalue weighted by Crippen LogP contribution is 2.17. The van der Waals surface area contributed by atoms with Crippen LogP contribution >= 0.6 is 0 Å². The number of nitrogens with zero attached hydrogens (tertiary/aromatic N) is 1. The van der Waals surface area contributed by atoms with E-state index < -0.39 is 0 Å². The molecule has 2 nitrogen and oxygen atoms in total. The highest BCUT2D eigenvalue weighted by Gasteiger charge is 1.98. The number of hydrogen-bond acceptors (Lipinski definition) is 2. The number of rotatable bonds is 4. The Morgan fingerprint density at radius 1 is 1.40 bits per heavy atom. The first-order chi connectivity index (χ1) is 7.13. The summed E-state index contributed by atoms with van der Waals surface area (Å²) in [4.78, 5) is 2.10. The first kappa shape index (κ1) is 11.9. The van der Waals surface area contributed by atoms with Crippen molar-refractivity contribution in [2.24, 2.45) is 0 Å². The number of likely N-dealkylation sites (N-methyl/N-ethyl adjacent to an activating group) is 1. The Balaban J connectivity index is 2.80. The molecule has 0 aromatic heterocycles. The Bertz CT molecular complexity index is 347. The lowest BCUT2D eigenvalue weighted by atomic mass is 9.94. The summed E-state index contributed by atoms with van der Waals surface area (Å²) in [6.07, 6.45) is 4.13. The molecule has 0 aliphatic rings. The van der Waals surface area contributed by atoms with Crippen LogP contribution in [0, 0.1) is 0 Å². The van der Waals surface area contributed by atoms with Gasteiger partial charge in [-0.3, -0.25) is 0 Å². The van der Waals surface area contributed by atoms with Gasteiger partial charge in [0.25, 0.3) is 0 Å². The van der Waals surface area contributed by atoms with Crippen LogP contribution in [0.1, 0.15) is 5.56 Å². The quantitative estimate of drug-likeness (QED) is 0.675. The van der Waals surface area contributed by atoms with Gasteiger partial charge < -0.3 is 9.64 Å². The van der Waals surface area contributed by atoms with Crippen LogP contribution in [0.3, 0.4) is 0 Å². The monoisotopic (exact) mass is 201 g/mol. The Morgan fingerprint density at radius 3 is 2.73 bits per heavy atom. The second-order valence-electron chi connectivity index (χ2n) is 3.67. The molecule has 2 radical (unpaired) electrons. The number of hydrogen-bond donors (Lipinski definition) is 0. The minimum atomic E-state index is 0.719. The van der Waals surface area contributed by atoms with Gasteiger partial charge in [0.1, 0.15) is 13.6 Å². The minimum Gasteiger partial charge on any atom is -0.496 e. The van der Waals surface area contributed by atoms with E-state index in [1.807, 2.05) is 38.4 Å². The average Bonchev–Trinajstić information content (AvgIpc) is 2.19. The van der Waals surface area contributed by atoms with Gasteiger partial charge in [0.2, 0.25) is 0 Å². The SMILES string of the molecule is [B]c1ccc(/C=C/CN(C)C)c(OC)c1. The minimum absolute atomic E-state index is 0.719. The van der Waals surface area contributed by atoms with Gasteiger partial charge in [-0.25, -0.2) is 0 Å². The molecule has 0 aliphatic carbocycles. The molecule has 0 heterocycles. The van der Waals surface area contributed by atoms with Gasteiger partial charge in [-0.1, -0.05) is 29.7 Å². The molecule has 1 rings (SSSR count). The van der Waals surface area contributed by atoms with E-state index in [2.05, 4.69) is 11.0 Å². The average molecular weight is 201 g/mol. The van der Waals surface area contributed by atoms with Crippen LogP contribution in [0.15, 0.2) is 24.3 Å². The summed E-state index contributed by atoms with van der Waals surface area (Å²) in [5.74, 6) is 0.810. The normalized spacial score (nSPS) is 11.2. The smallest absolute Gasteiger partial charge is 0.125 e. The van der Waals surface area contributed by atoms with Crippen molar-refractivity contribution in [2.75, 3.05) is 27.7 Å². The molecule has 0 amide bonds. The van der Waals surface area contributed by atoms with Crippen molar-refractivity contribution in [1.82, 2.24) is 4.90 Å². The molecular formula is C12H16BNO. The van der Waals surface area contributed by atoms with Gasteiger partial charge in [0.05, 0.1) is 7.11 Å². The van der Waals surface area contributed by atoms with Crippen LogP contribution in [-0.2, 0) is 0 Å². The maximum atomic E-state index is 5.67. The third kappa shape index (κ3) is 3.80. The Morgan fingerprint density at radius 2 is 2.13 bits per heavy atom. The Labute approximate surface area is 93.0 Å². The topological polar surface area (TPSA) is 12.5 Å². The zero-order valence-corrected chi connectivity index (χ0v) is 9.53. The summed E-state index contributed by atoms with van der Waals surface area (Å²) in [7, 11) is 11.4. The molecule has 0 saturated carbocycles. The maximum absolute atomic E-state index is 5.67. The molecule has 1 aromatic carbocycles. The highest BCUT2D eigenvalue weighted by atomic mass is 16.5. The van der Waals surface area contributed by atoms with E-state index in [0.717, 1.165) is 23.3 Å². The lowest BCUT2D eigenvalue weighted by Gasteiger charge is -2.07. The third-order valence-electron chi connectivity index (χ3n) is 2.03. The molecule has 0 atom stereocenters. The molecule has 15 heavy (non-hydrogen) atoms. The van der Waals surface area contributed by atoms with E-state index in [0.29, 0.717) is 0 Å². The molecule has 0 aliphatic heterocycles. The standard InChI is InChI=1S/C12H16BNO/c1-14(2)8-4-5-10-6-7-11(13)9-12(10)15-3/h4-7,9H,8H2,1-3H3/b5-4+. The van der Waals surface area contributed by atoms with E-state index in [4.69, 9.17) is 12.6 Å². The van der Waals surface area contributed by atoms with Gasteiger partial charge >= 0.3 is 0 Å². The Kier molecular flexibility index (Phi) is 4.44. The Hall–Kier alpha value is -1.22. The van der Waals surface area contributed by atoms with Crippen molar-refractivity contribution in [3.05, 3.63) is 29.8 Å². The summed E-state index contributed by atoms with van der Waals surface area (Å²) in [5, 5.41) is 0. The van der Waals surface area contributed by atoms with E-state index >= 15 is 0 Å². The molecule has 1 aromatic rings. The maximum Gasteiger partial charge on any atom is 0.125 e. The second kappa shape index (κ2) is 5.61. The molecule has 3 heteroatoms. The van der Waals surface area contributed by atoms with Gasteiger partial charge in [-0.2, -0.15) is 0 Å². The predicted octanol–water partition coefficient (Wildman–Crippen LogP) is 1.06. The summed E-state index contributed by atoms with van der Waals surface area (Å²) < 4.78 is 5.24. The summed E-state index contributed by atoms with van der Waals surface area (Å²) in [5.41, 5.74) is 1.77. The van der Waals surface area contributed by atoms with E-state index in [1.165, 1.54) is 0 Å². The van der Waals surface area contributed by atoms with Gasteiger partial charge in [-0.15, -0.1) is 0 Å². The first-order valence-electron chi connectivity index (χ1n) is 4.88. The van der Waals surface area contributed by atoms with Crippen LogP contribution in [0.5, 0.6) is 5.75 Å². The molecule has 0 spiro atoms. The van der Waals surface area contributed by atoms with E-state index in [9.17, 15) is 0 Å². The van der Waals surface area contributed by atoms with Gasteiger partial charge in [0.15, 0.2) is 0 Å². The zero-order valence-electron chi connectivity index (χ0n) is 9.53. The fraction of sp³-hybridized carbons (Fsp3) is 0.333. The van der Waals surface area contributed by atoms with Crippen molar-refractivity contribution in [1.29, 1.82) is 0 Å². The molecule has 0 unspecified atom stereocenters. The third-order valence-corrected chi connectivity index (χ3v) is 2.03. The molecule has 0 bridgehead atoms.